The van der Waals surface area contributed by atoms with E-state index in [-0.39, 0.29) is 71.1 Å². The van der Waals surface area contributed by atoms with Gasteiger partial charge >= 0.3 is 12.2 Å². The number of nitrogens with zero attached hydrogens (tertiary/aromatic N) is 7. The van der Waals surface area contributed by atoms with E-state index in [0.717, 1.165) is 19.4 Å². The smallest absolute Gasteiger partial charge is 0.410 e. The van der Waals surface area contributed by atoms with Crippen molar-refractivity contribution in [1.29, 1.82) is 0 Å². The Morgan fingerprint density at radius 2 is 1.13 bits per heavy atom. The molecule has 2 aromatic heterocycles. The Labute approximate surface area is 482 Å². The standard InChI is InChI=1S/C19H24N4O3.C18H33P.C13H19ClN4O2.C9H12N.CH3.Pd/c1-19(2,3)26-18(25)23-11-9-13(12-23)21-16-8-10-20-17(22-16)14-6-4-5-7-15(14)24;1-4-10-16(11-5-1)19(17-12-6-2-7-13-17)18-14-8-3-9-15-18;1-13(2,3)20-12(19)18-7-5-9(8-18)16-10-4-6-15-11(14)17-10;1-10(2)8-9-6-4-3-5-7-9;;/h4-8,10,13,24H,9,11-12H2,1-3H3,(H,20,21,22);16-18H,1-15H2;4,6,9H,5,7-8H2,1-3H3,(H,15,16,17);3-6H,8H2,1-2H3;1H3;/q;;;2*-1;/p+1/t13-;;9-;;;/m0.0.../s1. The molecule has 4 aromatic rings. The maximum atomic E-state index is 12.2. The van der Waals surface area contributed by atoms with Gasteiger partial charge in [0.25, 0.3) is 0 Å². The predicted molar refractivity (Wildman–Crippen MR) is 314 cm³/mol. The van der Waals surface area contributed by atoms with Crippen molar-refractivity contribution in [2.45, 2.75) is 198 Å². The van der Waals surface area contributed by atoms with Crippen molar-refractivity contribution in [3.63, 3.8) is 0 Å². The number of rotatable bonds is 10. The van der Waals surface area contributed by atoms with Crippen LogP contribution in [0.1, 0.15) is 156 Å². The van der Waals surface area contributed by atoms with Gasteiger partial charge in [0.15, 0.2) is 5.82 Å². The zero-order valence-electron chi connectivity index (χ0n) is 47.8. The van der Waals surface area contributed by atoms with Gasteiger partial charge in [0.05, 0.1) is 22.5 Å². The molecule has 9 rings (SSSR count). The zero-order valence-corrected chi connectivity index (χ0v) is 51.1. The van der Waals surface area contributed by atoms with Crippen LogP contribution in [0.25, 0.3) is 11.4 Å². The Balaban J connectivity index is 0.000000229. The van der Waals surface area contributed by atoms with E-state index < -0.39 is 11.2 Å². The van der Waals surface area contributed by atoms with Gasteiger partial charge in [-0.2, -0.15) is 30.3 Å². The van der Waals surface area contributed by atoms with E-state index in [9.17, 15) is 14.7 Å². The maximum absolute atomic E-state index is 12.2. The van der Waals surface area contributed by atoms with E-state index >= 15 is 0 Å². The summed E-state index contributed by atoms with van der Waals surface area (Å²) in [6.45, 7) is 14.6. The molecule has 430 valence electrons. The molecule has 14 nitrogen and oxygen atoms in total. The van der Waals surface area contributed by atoms with Crippen molar-refractivity contribution in [2.24, 2.45) is 0 Å². The summed E-state index contributed by atoms with van der Waals surface area (Å²) in [7, 11) is 4.07. The number of amides is 2. The van der Waals surface area contributed by atoms with Crippen LogP contribution >= 0.6 is 19.5 Å². The van der Waals surface area contributed by atoms with Gasteiger partial charge in [-0.05, 0) is 181 Å². The number of ether oxygens (including phenoxy) is 2. The van der Waals surface area contributed by atoms with Crippen LogP contribution in [-0.2, 0) is 36.4 Å². The topological polar surface area (TPSA) is 158 Å². The summed E-state index contributed by atoms with van der Waals surface area (Å²) in [4.78, 5) is 46.2. The molecule has 17 heteroatoms. The third-order valence-corrected chi connectivity index (χ3v) is 19.0. The Bertz CT molecular complexity index is 2280. The summed E-state index contributed by atoms with van der Waals surface area (Å²) in [6, 6.07) is 21.9. The number of carbonyl (C=O) groups excluding carboxylic acids is 2. The van der Waals surface area contributed by atoms with E-state index in [1.54, 1.807) is 149 Å². The first-order chi connectivity index (χ1) is 35.9. The monoisotopic (exact) mass is 1190 g/mol. The van der Waals surface area contributed by atoms with Gasteiger partial charge in [0.1, 0.15) is 28.6 Å². The molecule has 3 N–H and O–H groups in total. The average Bonchev–Trinajstić information content (AvgIpc) is 4.06. The third-order valence-electron chi connectivity index (χ3n) is 14.3. The van der Waals surface area contributed by atoms with Gasteiger partial charge in [0, 0.05) is 85.5 Å². The fraction of sp³-hybridized carbons (Fsp3) is 0.617. The SMILES string of the molecule is C1CCC([PH+](C2CCCCC2)C2CCCCC2)CC1.CC(C)(C)OC(=O)N1CC[C@H](Nc2ccnc(-c3ccccc3O)n2)C1.CC(C)(C)OC(=O)N1CC[C@H](Nc2ccnc(Cl)n2)C1.CN(C)Cc1[c-]cccc1.[CH3-].[Pd]. The van der Waals surface area contributed by atoms with Crippen molar-refractivity contribution in [3.05, 3.63) is 97.4 Å². The number of carbonyl (C=O) groups is 2. The third kappa shape index (κ3) is 23.2. The Kier molecular flexibility index (Phi) is 27.9. The molecule has 0 radical (unpaired) electrons. The van der Waals surface area contributed by atoms with Crippen LogP contribution in [0.5, 0.6) is 5.75 Å². The van der Waals surface area contributed by atoms with Crippen LogP contribution in [0.3, 0.4) is 0 Å². The molecular formula is C60H92ClN9O5PPd-. The van der Waals surface area contributed by atoms with Crippen LogP contribution in [0.4, 0.5) is 21.2 Å². The molecule has 0 spiro atoms. The molecule has 5 fully saturated rings. The van der Waals surface area contributed by atoms with Gasteiger partial charge in [-0.1, -0.05) is 31.4 Å². The molecule has 3 saturated carbocycles. The molecule has 3 aliphatic carbocycles. The van der Waals surface area contributed by atoms with Crippen LogP contribution in [0.15, 0.2) is 73.1 Å². The van der Waals surface area contributed by atoms with E-state index in [1.807, 2.05) is 65.8 Å². The van der Waals surface area contributed by atoms with Crippen molar-refractivity contribution >= 4 is 43.3 Å². The molecule has 2 amide bonds. The Hall–Kier alpha value is -4.12. The quantitative estimate of drug-likeness (QED) is 0.0598. The fourth-order valence-corrected chi connectivity index (χ4v) is 16.4. The normalized spacial score (nSPS) is 19.2. The number of phenolic OH excluding ortho intramolecular Hbond substituents is 1. The summed E-state index contributed by atoms with van der Waals surface area (Å²) < 4.78 is 10.8. The molecule has 77 heavy (non-hydrogen) atoms. The number of aromatic nitrogens is 4. The Morgan fingerprint density at radius 3 is 1.56 bits per heavy atom. The molecule has 5 aliphatic rings. The minimum atomic E-state index is -0.498. The second kappa shape index (κ2) is 32.8. The van der Waals surface area contributed by atoms with Gasteiger partial charge in [-0.15, -0.1) is 5.56 Å². The summed E-state index contributed by atoms with van der Waals surface area (Å²) in [5.74, 6) is 1.92. The molecule has 2 aliphatic heterocycles. The minimum absolute atomic E-state index is 0. The first-order valence-corrected chi connectivity index (χ1v) is 30.1. The number of hydrogen-bond acceptors (Lipinski definition) is 12. The predicted octanol–water partition coefficient (Wildman–Crippen LogP) is 14.0. The van der Waals surface area contributed by atoms with E-state index in [4.69, 9.17) is 21.1 Å². The molecular weight excluding hydrogens is 1100 g/mol. The number of hydrogen-bond donors (Lipinski definition) is 3. The van der Waals surface area contributed by atoms with Crippen LogP contribution in [0, 0.1) is 13.5 Å². The number of halogens is 1. The number of benzene rings is 2. The Morgan fingerprint density at radius 1 is 0.675 bits per heavy atom. The largest absolute Gasteiger partial charge is 0.507 e. The second-order valence-electron chi connectivity index (χ2n) is 23.2. The molecule has 0 bridgehead atoms. The van der Waals surface area contributed by atoms with Gasteiger partial charge in [-0.3, -0.25) is 0 Å². The van der Waals surface area contributed by atoms with Crippen molar-refractivity contribution in [2.75, 3.05) is 50.9 Å². The van der Waals surface area contributed by atoms with E-state index in [0.29, 0.717) is 49.2 Å². The molecule has 2 atom stereocenters. The summed E-state index contributed by atoms with van der Waals surface area (Å²) in [5.41, 5.74) is 4.54. The van der Waals surface area contributed by atoms with E-state index in [2.05, 4.69) is 61.7 Å². The van der Waals surface area contributed by atoms with Crippen LogP contribution in [0.2, 0.25) is 5.28 Å². The molecule has 2 saturated heterocycles. The van der Waals surface area contributed by atoms with Gasteiger partial charge in [-0.25, -0.2) is 29.5 Å². The van der Waals surface area contributed by atoms with Crippen LogP contribution in [-0.4, -0.2) is 132 Å². The van der Waals surface area contributed by atoms with E-state index in [1.165, 1.54) is 22.5 Å². The number of phenols is 1. The number of likely N-dealkylation sites (tertiary alicyclic amines) is 2. The zero-order chi connectivity index (χ0) is 53.8. The summed E-state index contributed by atoms with van der Waals surface area (Å²) in [5, 5.41) is 16.8. The average molecular weight is 1190 g/mol. The van der Waals surface area contributed by atoms with Crippen molar-refractivity contribution in [1.82, 2.24) is 34.6 Å². The summed E-state index contributed by atoms with van der Waals surface area (Å²) in [6.07, 6.45) is 28.1. The van der Waals surface area contributed by atoms with Crippen molar-refractivity contribution < 1.29 is 44.6 Å². The van der Waals surface area contributed by atoms with Crippen LogP contribution < -0.4 is 10.6 Å². The molecule has 4 heterocycles. The maximum Gasteiger partial charge on any atom is 0.410 e. The minimum Gasteiger partial charge on any atom is -0.507 e. The first kappa shape index (κ1) is 65.4. The summed E-state index contributed by atoms with van der Waals surface area (Å²) >= 11 is 5.74. The fourth-order valence-electron chi connectivity index (χ4n) is 11.0. The molecule has 0 unspecified atom stereocenters. The second-order valence-corrected chi connectivity index (χ2v) is 27.0. The van der Waals surface area contributed by atoms with Crippen molar-refractivity contribution in [3.8, 4) is 17.1 Å². The first-order valence-electron chi connectivity index (χ1n) is 27.9. The van der Waals surface area contributed by atoms with Gasteiger partial charge in [0.2, 0.25) is 5.28 Å². The number of para-hydroxylation sites is 1. The number of nitrogens with one attached hydrogen (secondary N) is 2. The number of aromatic hydroxyl groups is 1. The number of anilines is 2. The van der Waals surface area contributed by atoms with Gasteiger partial charge < -0.3 is 47.3 Å². The molecule has 2 aromatic carbocycles.